The first kappa shape index (κ1) is 12.4. The molecule has 0 bridgehead atoms. The molecule has 1 rings (SSSR count). The van der Waals surface area contributed by atoms with Crippen molar-refractivity contribution in [2.45, 2.75) is 54.2 Å². The van der Waals surface area contributed by atoms with Crippen LogP contribution in [0.15, 0.2) is 21.5 Å². The van der Waals surface area contributed by atoms with Gasteiger partial charge in [-0.2, -0.15) is 0 Å². The molecule has 0 radical (unpaired) electrons. The molecule has 1 aliphatic rings. The molecule has 0 N–H and O–H groups in total. The summed E-state index contributed by atoms with van der Waals surface area (Å²) in [5, 5.41) is 0. The van der Waals surface area contributed by atoms with Gasteiger partial charge in [0.05, 0.1) is 0 Å². The maximum absolute atomic E-state index is 2.43. The van der Waals surface area contributed by atoms with Crippen LogP contribution in [0.4, 0.5) is 0 Å². The summed E-state index contributed by atoms with van der Waals surface area (Å²) in [6.07, 6.45) is 14.1. The summed E-state index contributed by atoms with van der Waals surface area (Å²) in [6.45, 7) is 4.64. The van der Waals surface area contributed by atoms with Gasteiger partial charge in [-0.3, -0.25) is 0 Å². The van der Waals surface area contributed by atoms with Crippen molar-refractivity contribution < 1.29 is 21.8 Å². The average Bonchev–Trinajstić information content (AvgIpc) is 2.71. The first-order chi connectivity index (χ1) is 6.88. The van der Waals surface area contributed by atoms with Gasteiger partial charge in [-0.1, -0.05) is 0 Å². The Morgan fingerprint density at radius 1 is 1.14 bits per heavy atom. The van der Waals surface area contributed by atoms with Gasteiger partial charge in [0.2, 0.25) is 0 Å². The number of allylic oxidation sites excluding steroid dienone is 4. The van der Waals surface area contributed by atoms with E-state index < -0.39 is 21.8 Å². The number of rotatable bonds is 7. The van der Waals surface area contributed by atoms with Crippen LogP contribution in [0.3, 0.4) is 0 Å². The standard InChI is InChI=1S/C5H5.2C4H9.Zr/c1-2-4-5-3-1;2*1-3-4-2;/h1-3H,4H2;2*1,3-4H2,2H3;. The zero-order valence-electron chi connectivity index (χ0n) is 9.68. The van der Waals surface area contributed by atoms with E-state index in [1.165, 1.54) is 32.1 Å². The molecule has 0 amide bonds. The molecule has 0 atom stereocenters. The fraction of sp³-hybridized carbons (Fsp3) is 0.692. The van der Waals surface area contributed by atoms with Crippen molar-refractivity contribution in [3.63, 3.8) is 0 Å². The minimum atomic E-state index is -1.11. The Balaban J connectivity index is 2.35. The summed E-state index contributed by atoms with van der Waals surface area (Å²) in [6, 6.07) is 0. The molecule has 0 saturated heterocycles. The van der Waals surface area contributed by atoms with E-state index in [2.05, 4.69) is 32.1 Å². The molecule has 0 saturated carbocycles. The van der Waals surface area contributed by atoms with Crippen LogP contribution in [0.2, 0.25) is 8.26 Å². The first-order valence-corrected chi connectivity index (χ1v) is 10.8. The molecule has 0 spiro atoms. The monoisotopic (exact) mass is 269 g/mol. The third-order valence-corrected chi connectivity index (χ3v) is 10.7. The molecular formula is C13H23Zr. The van der Waals surface area contributed by atoms with Crippen molar-refractivity contribution in [3.8, 4) is 0 Å². The van der Waals surface area contributed by atoms with Crippen molar-refractivity contribution in [2.75, 3.05) is 0 Å². The van der Waals surface area contributed by atoms with Crippen molar-refractivity contribution in [1.82, 2.24) is 0 Å². The van der Waals surface area contributed by atoms with Gasteiger partial charge < -0.3 is 0 Å². The number of hydrogen-bond acceptors (Lipinski definition) is 0. The second kappa shape index (κ2) is 7.63. The summed E-state index contributed by atoms with van der Waals surface area (Å²) in [5.41, 5.74) is 0. The van der Waals surface area contributed by atoms with Gasteiger partial charge in [-0.25, -0.2) is 0 Å². The topological polar surface area (TPSA) is 0 Å². The summed E-state index contributed by atoms with van der Waals surface area (Å²) < 4.78 is 5.09. The number of unbranched alkanes of at least 4 members (excludes halogenated alkanes) is 2. The van der Waals surface area contributed by atoms with Gasteiger partial charge in [0.25, 0.3) is 0 Å². The molecule has 0 nitrogen and oxygen atoms in total. The maximum atomic E-state index is 2.43. The molecule has 1 heteroatoms. The fourth-order valence-corrected chi connectivity index (χ4v) is 9.78. The van der Waals surface area contributed by atoms with Crippen molar-refractivity contribution >= 4 is 0 Å². The van der Waals surface area contributed by atoms with E-state index in [0.717, 1.165) is 0 Å². The van der Waals surface area contributed by atoms with Crippen LogP contribution in [0.25, 0.3) is 0 Å². The fourth-order valence-electron chi connectivity index (χ4n) is 1.94. The Kier molecular flexibility index (Phi) is 6.77. The quantitative estimate of drug-likeness (QED) is 0.618. The predicted octanol–water partition coefficient (Wildman–Crippen LogP) is 4.89. The predicted molar refractivity (Wildman–Crippen MR) is 61.3 cm³/mol. The van der Waals surface area contributed by atoms with Gasteiger partial charge in [0.1, 0.15) is 0 Å². The molecule has 0 aromatic heterocycles. The Morgan fingerprint density at radius 2 is 1.79 bits per heavy atom. The average molecular weight is 271 g/mol. The van der Waals surface area contributed by atoms with Crippen LogP contribution >= 0.6 is 0 Å². The van der Waals surface area contributed by atoms with E-state index >= 15 is 0 Å². The number of hydrogen-bond donors (Lipinski definition) is 0. The summed E-state index contributed by atoms with van der Waals surface area (Å²) >= 11 is -1.11. The molecule has 0 aliphatic heterocycles. The third-order valence-electron chi connectivity index (χ3n) is 2.89. The zero-order valence-corrected chi connectivity index (χ0v) is 12.1. The van der Waals surface area contributed by atoms with Crippen molar-refractivity contribution in [2.24, 2.45) is 0 Å². The van der Waals surface area contributed by atoms with Crippen LogP contribution in [-0.4, -0.2) is 0 Å². The Morgan fingerprint density at radius 3 is 2.21 bits per heavy atom. The second-order valence-electron chi connectivity index (χ2n) is 4.13. The van der Waals surface area contributed by atoms with E-state index in [4.69, 9.17) is 0 Å². The molecule has 0 unspecified atom stereocenters. The van der Waals surface area contributed by atoms with Crippen LogP contribution < -0.4 is 0 Å². The van der Waals surface area contributed by atoms with Crippen LogP contribution in [0.1, 0.15) is 46.0 Å². The molecular weight excluding hydrogens is 247 g/mol. The van der Waals surface area contributed by atoms with Crippen LogP contribution in [-0.2, 0) is 21.8 Å². The minimum absolute atomic E-state index is 1.11. The van der Waals surface area contributed by atoms with E-state index in [1.807, 2.05) is 3.28 Å². The molecule has 1 aliphatic carbocycles. The SMILES string of the molecule is CCC[CH2][Zr]([CH2]CCC)[C]1=CC=CC1. The molecule has 79 valence electrons. The van der Waals surface area contributed by atoms with Gasteiger partial charge in [-0.15, -0.1) is 0 Å². The molecule has 0 fully saturated rings. The Bertz CT molecular complexity index is 195. The van der Waals surface area contributed by atoms with Gasteiger partial charge >= 0.3 is 97.5 Å². The summed E-state index contributed by atoms with van der Waals surface area (Å²) in [4.78, 5) is 0. The normalized spacial score (nSPS) is 14.6. The molecule has 0 heterocycles. The van der Waals surface area contributed by atoms with E-state index in [0.29, 0.717) is 0 Å². The van der Waals surface area contributed by atoms with E-state index in [-0.39, 0.29) is 0 Å². The molecule has 14 heavy (non-hydrogen) atoms. The summed E-state index contributed by atoms with van der Waals surface area (Å²) in [7, 11) is 0. The Labute approximate surface area is 97.2 Å². The second-order valence-corrected chi connectivity index (χ2v) is 11.1. The third kappa shape index (κ3) is 4.26. The van der Waals surface area contributed by atoms with E-state index in [9.17, 15) is 0 Å². The molecule has 0 aromatic carbocycles. The van der Waals surface area contributed by atoms with Crippen molar-refractivity contribution in [3.05, 3.63) is 21.5 Å². The van der Waals surface area contributed by atoms with E-state index in [1.54, 1.807) is 8.26 Å². The molecule has 0 aromatic rings. The van der Waals surface area contributed by atoms with Gasteiger partial charge in [0, 0.05) is 0 Å². The first-order valence-electron chi connectivity index (χ1n) is 6.09. The van der Waals surface area contributed by atoms with Crippen molar-refractivity contribution in [1.29, 1.82) is 0 Å². The van der Waals surface area contributed by atoms with Gasteiger partial charge in [-0.05, 0) is 0 Å². The van der Waals surface area contributed by atoms with Crippen LogP contribution in [0.5, 0.6) is 0 Å². The zero-order chi connectivity index (χ0) is 10.2. The Hall–Kier alpha value is 0.363. The van der Waals surface area contributed by atoms with Gasteiger partial charge in [0.15, 0.2) is 0 Å². The van der Waals surface area contributed by atoms with Crippen LogP contribution in [0, 0.1) is 0 Å². The summed E-state index contributed by atoms with van der Waals surface area (Å²) in [5.74, 6) is 0.